The van der Waals surface area contributed by atoms with E-state index in [0.29, 0.717) is 4.47 Å². The number of nitrogens with one attached hydrogen (secondary N) is 1. The van der Waals surface area contributed by atoms with Gasteiger partial charge in [0.15, 0.2) is 0 Å². The molecule has 0 aliphatic carbocycles. The van der Waals surface area contributed by atoms with Gasteiger partial charge in [0, 0.05) is 0 Å². The van der Waals surface area contributed by atoms with Gasteiger partial charge in [0.05, 0.1) is 16.6 Å². The Bertz CT molecular complexity index is 598. The summed E-state index contributed by atoms with van der Waals surface area (Å²) < 4.78 is 19.5. The monoisotopic (exact) mass is 351 g/mol. The fraction of sp³-hybridized carbons (Fsp3) is 0.294. The molecule has 0 saturated carbocycles. The van der Waals surface area contributed by atoms with Crippen LogP contribution in [0.15, 0.2) is 46.9 Å². The molecule has 2 nitrogen and oxygen atoms in total. The number of halogens is 2. The first-order chi connectivity index (χ1) is 10.0. The molecule has 0 saturated heterocycles. The largest absolute Gasteiger partial charge is 0.491 e. The summed E-state index contributed by atoms with van der Waals surface area (Å²) in [4.78, 5) is 0. The lowest BCUT2D eigenvalue weighted by molar-refractivity contribution is 0.242. The smallest absolute Gasteiger partial charge is 0.137 e. The van der Waals surface area contributed by atoms with Crippen LogP contribution in [0.2, 0.25) is 0 Å². The average molecular weight is 352 g/mol. The fourth-order valence-electron chi connectivity index (χ4n) is 2.23. The van der Waals surface area contributed by atoms with Crippen molar-refractivity contribution in [3.63, 3.8) is 0 Å². The minimum Gasteiger partial charge on any atom is -0.491 e. The molecule has 112 valence electrons. The highest BCUT2D eigenvalue weighted by atomic mass is 79.9. The van der Waals surface area contributed by atoms with E-state index in [1.807, 2.05) is 45.2 Å². The van der Waals surface area contributed by atoms with Crippen LogP contribution >= 0.6 is 15.9 Å². The van der Waals surface area contributed by atoms with Gasteiger partial charge in [0.25, 0.3) is 0 Å². The Hall–Kier alpha value is -1.39. The maximum Gasteiger partial charge on any atom is 0.137 e. The van der Waals surface area contributed by atoms with Crippen molar-refractivity contribution in [2.75, 3.05) is 7.05 Å². The van der Waals surface area contributed by atoms with Crippen molar-refractivity contribution in [2.24, 2.45) is 0 Å². The molecule has 21 heavy (non-hydrogen) atoms. The van der Waals surface area contributed by atoms with Crippen molar-refractivity contribution < 1.29 is 9.13 Å². The van der Waals surface area contributed by atoms with Crippen LogP contribution in [-0.2, 0) is 0 Å². The van der Waals surface area contributed by atoms with Gasteiger partial charge in [0.2, 0.25) is 0 Å². The van der Waals surface area contributed by atoms with Crippen molar-refractivity contribution >= 4 is 15.9 Å². The highest BCUT2D eigenvalue weighted by Crippen LogP contribution is 2.27. The summed E-state index contributed by atoms with van der Waals surface area (Å²) in [5, 5.41) is 3.26. The number of rotatable bonds is 5. The van der Waals surface area contributed by atoms with Crippen LogP contribution in [0.3, 0.4) is 0 Å². The number of hydrogen-bond acceptors (Lipinski definition) is 2. The van der Waals surface area contributed by atoms with Crippen LogP contribution in [0.25, 0.3) is 0 Å². The molecule has 0 radical (unpaired) electrons. The standard InChI is InChI=1S/C17H19BrFNO/c1-11(2)21-14-7-4-12(5-8-14)17(20-3)13-6-9-16(19)15(18)10-13/h4-11,17,20H,1-3H3. The van der Waals surface area contributed by atoms with Crippen molar-refractivity contribution in [3.05, 3.63) is 63.9 Å². The molecule has 0 aromatic heterocycles. The molecular formula is C17H19BrFNO. The molecule has 0 aliphatic rings. The molecule has 0 aliphatic heterocycles. The molecule has 1 unspecified atom stereocenters. The van der Waals surface area contributed by atoms with Crippen molar-refractivity contribution in [3.8, 4) is 5.75 Å². The zero-order chi connectivity index (χ0) is 15.4. The maximum absolute atomic E-state index is 13.4. The van der Waals surface area contributed by atoms with Crippen LogP contribution in [0.5, 0.6) is 5.75 Å². The van der Waals surface area contributed by atoms with Gasteiger partial charge in [-0.05, 0) is 72.2 Å². The summed E-state index contributed by atoms with van der Waals surface area (Å²) >= 11 is 3.23. The van der Waals surface area contributed by atoms with E-state index < -0.39 is 0 Å². The van der Waals surface area contributed by atoms with E-state index in [4.69, 9.17) is 4.74 Å². The molecule has 1 N–H and O–H groups in total. The summed E-state index contributed by atoms with van der Waals surface area (Å²) in [6.45, 7) is 4.00. The van der Waals surface area contributed by atoms with Gasteiger partial charge in [-0.2, -0.15) is 0 Å². The second kappa shape index (κ2) is 7.05. The van der Waals surface area contributed by atoms with Crippen LogP contribution in [0.4, 0.5) is 4.39 Å². The highest BCUT2D eigenvalue weighted by molar-refractivity contribution is 9.10. The van der Waals surface area contributed by atoms with Gasteiger partial charge in [0.1, 0.15) is 11.6 Å². The first-order valence-corrected chi connectivity index (χ1v) is 7.69. The first-order valence-electron chi connectivity index (χ1n) is 6.90. The predicted molar refractivity (Wildman–Crippen MR) is 87.2 cm³/mol. The Kier molecular flexibility index (Phi) is 5.37. The normalized spacial score (nSPS) is 12.5. The lowest BCUT2D eigenvalue weighted by Crippen LogP contribution is -2.17. The van der Waals surface area contributed by atoms with Gasteiger partial charge < -0.3 is 10.1 Å². The zero-order valence-electron chi connectivity index (χ0n) is 12.4. The third-order valence-electron chi connectivity index (χ3n) is 3.15. The lowest BCUT2D eigenvalue weighted by atomic mass is 9.99. The Morgan fingerprint density at radius 1 is 1.05 bits per heavy atom. The van der Waals surface area contributed by atoms with Crippen molar-refractivity contribution in [1.29, 1.82) is 0 Å². The molecule has 0 fully saturated rings. The molecule has 0 spiro atoms. The molecule has 2 rings (SSSR count). The number of ether oxygens (including phenoxy) is 1. The third kappa shape index (κ3) is 4.05. The molecule has 0 heterocycles. The Morgan fingerprint density at radius 3 is 2.19 bits per heavy atom. The second-order valence-electron chi connectivity index (χ2n) is 5.13. The fourth-order valence-corrected chi connectivity index (χ4v) is 2.63. The quantitative estimate of drug-likeness (QED) is 0.843. The molecule has 1 atom stereocenters. The summed E-state index contributed by atoms with van der Waals surface area (Å²) in [5.74, 6) is 0.596. The number of benzene rings is 2. The minimum absolute atomic E-state index is 0.00926. The van der Waals surface area contributed by atoms with E-state index in [0.717, 1.165) is 16.9 Å². The van der Waals surface area contributed by atoms with E-state index in [2.05, 4.69) is 21.2 Å². The first kappa shape index (κ1) is 16.0. The lowest BCUT2D eigenvalue weighted by Gasteiger charge is -2.18. The molecule has 0 amide bonds. The molecule has 2 aromatic carbocycles. The van der Waals surface area contributed by atoms with E-state index in [1.165, 1.54) is 6.07 Å². The summed E-state index contributed by atoms with van der Waals surface area (Å²) in [6.07, 6.45) is 0.156. The van der Waals surface area contributed by atoms with E-state index in [9.17, 15) is 4.39 Å². The van der Waals surface area contributed by atoms with Gasteiger partial charge in [-0.3, -0.25) is 0 Å². The van der Waals surface area contributed by atoms with E-state index in [-0.39, 0.29) is 18.0 Å². The summed E-state index contributed by atoms with van der Waals surface area (Å²) in [7, 11) is 1.89. The topological polar surface area (TPSA) is 21.3 Å². The third-order valence-corrected chi connectivity index (χ3v) is 3.76. The van der Waals surface area contributed by atoms with Gasteiger partial charge in [-0.15, -0.1) is 0 Å². The van der Waals surface area contributed by atoms with Crippen molar-refractivity contribution in [2.45, 2.75) is 26.0 Å². The predicted octanol–water partition coefficient (Wildman–Crippen LogP) is 4.68. The summed E-state index contributed by atoms with van der Waals surface area (Å²) in [6, 6.07) is 13.0. The van der Waals surface area contributed by atoms with Crippen LogP contribution in [0.1, 0.15) is 31.0 Å². The number of hydrogen-bond donors (Lipinski definition) is 1. The maximum atomic E-state index is 13.4. The minimum atomic E-state index is -0.255. The van der Waals surface area contributed by atoms with E-state index >= 15 is 0 Å². The van der Waals surface area contributed by atoms with Gasteiger partial charge in [-0.25, -0.2) is 4.39 Å². The second-order valence-corrected chi connectivity index (χ2v) is 5.99. The summed E-state index contributed by atoms with van der Waals surface area (Å²) in [5.41, 5.74) is 2.11. The van der Waals surface area contributed by atoms with Gasteiger partial charge in [-0.1, -0.05) is 18.2 Å². The molecule has 4 heteroatoms. The van der Waals surface area contributed by atoms with E-state index in [1.54, 1.807) is 12.1 Å². The Balaban J connectivity index is 2.26. The Labute approximate surface area is 133 Å². The molecular weight excluding hydrogens is 333 g/mol. The SMILES string of the molecule is CNC(c1ccc(OC(C)C)cc1)c1ccc(F)c(Br)c1. The van der Waals surface area contributed by atoms with Crippen LogP contribution in [0, 0.1) is 5.82 Å². The Morgan fingerprint density at radius 2 is 1.67 bits per heavy atom. The zero-order valence-corrected chi connectivity index (χ0v) is 13.9. The van der Waals surface area contributed by atoms with Gasteiger partial charge >= 0.3 is 0 Å². The van der Waals surface area contributed by atoms with Crippen LogP contribution < -0.4 is 10.1 Å². The van der Waals surface area contributed by atoms with Crippen LogP contribution in [-0.4, -0.2) is 13.2 Å². The molecule has 2 aromatic rings. The highest BCUT2D eigenvalue weighted by Gasteiger charge is 2.13. The van der Waals surface area contributed by atoms with Crippen molar-refractivity contribution in [1.82, 2.24) is 5.32 Å². The molecule has 0 bridgehead atoms. The average Bonchev–Trinajstić information content (AvgIpc) is 2.45.